The number of halogens is 1. The Morgan fingerprint density at radius 3 is 2.35 bits per heavy atom. The highest BCUT2D eigenvalue weighted by atomic mass is 35.5. The van der Waals surface area contributed by atoms with Gasteiger partial charge in [0.25, 0.3) is 0 Å². The molecule has 2 aromatic carbocycles. The van der Waals surface area contributed by atoms with Gasteiger partial charge in [0, 0.05) is 30.6 Å². The predicted molar refractivity (Wildman–Crippen MR) is 102 cm³/mol. The lowest BCUT2D eigenvalue weighted by atomic mass is 10.0. The van der Waals surface area contributed by atoms with Gasteiger partial charge in [-0.25, -0.2) is 0 Å². The number of ketones is 1. The van der Waals surface area contributed by atoms with Crippen LogP contribution in [0.4, 0.5) is 5.69 Å². The van der Waals surface area contributed by atoms with Crippen LogP contribution < -0.4 is 10.6 Å². The number of benzene rings is 2. The van der Waals surface area contributed by atoms with Gasteiger partial charge in [-0.3, -0.25) is 14.4 Å². The van der Waals surface area contributed by atoms with Gasteiger partial charge in [-0.05, 0) is 37.1 Å². The van der Waals surface area contributed by atoms with Crippen molar-refractivity contribution in [3.63, 3.8) is 0 Å². The van der Waals surface area contributed by atoms with Crippen molar-refractivity contribution >= 4 is 34.9 Å². The molecule has 2 aromatic rings. The number of carbonyl (C=O) groups is 3. The van der Waals surface area contributed by atoms with Gasteiger partial charge in [0.15, 0.2) is 5.78 Å². The Morgan fingerprint density at radius 1 is 1.04 bits per heavy atom. The van der Waals surface area contributed by atoms with E-state index in [0.29, 0.717) is 22.7 Å². The van der Waals surface area contributed by atoms with Crippen LogP contribution in [0.25, 0.3) is 0 Å². The fourth-order valence-corrected chi connectivity index (χ4v) is 2.92. The van der Waals surface area contributed by atoms with E-state index in [1.54, 1.807) is 18.2 Å². The number of amides is 2. The van der Waals surface area contributed by atoms with Crippen LogP contribution in [0.5, 0.6) is 0 Å². The number of hydrogen-bond donors (Lipinski definition) is 2. The van der Waals surface area contributed by atoms with Crippen molar-refractivity contribution in [2.45, 2.75) is 32.7 Å². The Balaban J connectivity index is 2.06. The molecular formula is C20H21ClN2O3. The van der Waals surface area contributed by atoms with Crippen LogP contribution in [0.2, 0.25) is 5.02 Å². The summed E-state index contributed by atoms with van der Waals surface area (Å²) in [4.78, 5) is 35.4. The first-order chi connectivity index (χ1) is 12.3. The number of hydrogen-bond acceptors (Lipinski definition) is 3. The fourth-order valence-electron chi connectivity index (χ4n) is 2.67. The molecule has 0 aliphatic rings. The molecule has 2 amide bonds. The van der Waals surface area contributed by atoms with E-state index in [9.17, 15) is 14.4 Å². The molecule has 0 saturated carbocycles. The Kier molecular flexibility index (Phi) is 6.92. The van der Waals surface area contributed by atoms with Crippen molar-refractivity contribution in [2.24, 2.45) is 0 Å². The summed E-state index contributed by atoms with van der Waals surface area (Å²) in [6, 6.07) is 14.1. The highest BCUT2D eigenvalue weighted by Crippen LogP contribution is 2.21. The number of rotatable bonds is 7. The predicted octanol–water partition coefficient (Wildman–Crippen LogP) is 3.62. The zero-order valence-electron chi connectivity index (χ0n) is 14.7. The van der Waals surface area contributed by atoms with Crippen LogP contribution in [0.15, 0.2) is 48.5 Å². The number of Topliss-reactive ketones (excluding diaryl/α,β-unsaturated/α-hetero) is 1. The third kappa shape index (κ3) is 6.01. The quantitative estimate of drug-likeness (QED) is 0.729. The lowest BCUT2D eigenvalue weighted by Gasteiger charge is -2.18. The maximum absolute atomic E-state index is 12.4. The monoisotopic (exact) mass is 372 g/mol. The Bertz CT molecular complexity index is 806. The molecule has 1 atom stereocenters. The minimum Gasteiger partial charge on any atom is -0.353 e. The van der Waals surface area contributed by atoms with Crippen molar-refractivity contribution in [1.29, 1.82) is 0 Å². The SMILES string of the molecule is CC(=O)NC(CC(=O)Nc1ccc(Cl)c(C(C)=O)c1)Cc1ccccc1. The average Bonchev–Trinajstić information content (AvgIpc) is 2.56. The first kappa shape index (κ1) is 19.7. The summed E-state index contributed by atoms with van der Waals surface area (Å²) in [5, 5.41) is 5.90. The Morgan fingerprint density at radius 2 is 1.73 bits per heavy atom. The molecule has 6 heteroatoms. The number of anilines is 1. The highest BCUT2D eigenvalue weighted by molar-refractivity contribution is 6.34. The number of nitrogens with one attached hydrogen (secondary N) is 2. The second-order valence-electron chi connectivity index (χ2n) is 6.09. The van der Waals surface area contributed by atoms with Gasteiger partial charge >= 0.3 is 0 Å². The van der Waals surface area contributed by atoms with Crippen molar-refractivity contribution in [3.8, 4) is 0 Å². The molecule has 0 saturated heterocycles. The van der Waals surface area contributed by atoms with Crippen LogP contribution in [-0.4, -0.2) is 23.6 Å². The lowest BCUT2D eigenvalue weighted by molar-refractivity contribution is -0.120. The zero-order valence-corrected chi connectivity index (χ0v) is 15.5. The summed E-state index contributed by atoms with van der Waals surface area (Å²) in [6.07, 6.45) is 0.666. The molecule has 0 aliphatic carbocycles. The topological polar surface area (TPSA) is 75.3 Å². The molecule has 0 aromatic heterocycles. The highest BCUT2D eigenvalue weighted by Gasteiger charge is 2.16. The van der Waals surface area contributed by atoms with E-state index in [-0.39, 0.29) is 30.1 Å². The van der Waals surface area contributed by atoms with Gasteiger partial charge in [0.1, 0.15) is 0 Å². The van der Waals surface area contributed by atoms with Crippen molar-refractivity contribution in [2.75, 3.05) is 5.32 Å². The Labute approximate surface area is 157 Å². The third-order valence-electron chi connectivity index (χ3n) is 3.79. The fraction of sp³-hybridized carbons (Fsp3) is 0.250. The number of carbonyl (C=O) groups excluding carboxylic acids is 3. The van der Waals surface area contributed by atoms with Crippen LogP contribution in [-0.2, 0) is 16.0 Å². The summed E-state index contributed by atoms with van der Waals surface area (Å²) >= 11 is 5.98. The summed E-state index contributed by atoms with van der Waals surface area (Å²) < 4.78 is 0. The van der Waals surface area contributed by atoms with Crippen LogP contribution in [0, 0.1) is 0 Å². The maximum atomic E-state index is 12.4. The molecule has 0 spiro atoms. The summed E-state index contributed by atoms with van der Waals surface area (Å²) in [5.74, 6) is -0.619. The van der Waals surface area contributed by atoms with Gasteiger partial charge in [0.2, 0.25) is 11.8 Å². The molecule has 0 aliphatic heterocycles. The van der Waals surface area contributed by atoms with Crippen molar-refractivity contribution in [3.05, 3.63) is 64.7 Å². The molecule has 2 rings (SSSR count). The van der Waals surface area contributed by atoms with Crippen LogP contribution in [0.1, 0.15) is 36.2 Å². The van der Waals surface area contributed by atoms with Gasteiger partial charge in [-0.2, -0.15) is 0 Å². The molecule has 2 N–H and O–H groups in total. The largest absolute Gasteiger partial charge is 0.353 e. The van der Waals surface area contributed by atoms with Gasteiger partial charge in [-0.15, -0.1) is 0 Å². The zero-order chi connectivity index (χ0) is 19.1. The second kappa shape index (κ2) is 9.15. The van der Waals surface area contributed by atoms with Crippen LogP contribution in [0.3, 0.4) is 0 Å². The first-order valence-corrected chi connectivity index (χ1v) is 8.64. The van der Waals surface area contributed by atoms with E-state index in [1.165, 1.54) is 13.8 Å². The summed E-state index contributed by atoms with van der Waals surface area (Å²) in [5.41, 5.74) is 1.88. The maximum Gasteiger partial charge on any atom is 0.226 e. The molecule has 5 nitrogen and oxygen atoms in total. The normalized spacial score (nSPS) is 11.5. The molecule has 26 heavy (non-hydrogen) atoms. The molecular weight excluding hydrogens is 352 g/mol. The lowest BCUT2D eigenvalue weighted by Crippen LogP contribution is -2.37. The standard InChI is InChI=1S/C20H21ClN2O3/c1-13(24)18-11-16(8-9-19(18)21)23-20(26)12-17(22-14(2)25)10-15-6-4-3-5-7-15/h3-9,11,17H,10,12H2,1-2H3,(H,22,25)(H,23,26). The molecule has 1 unspecified atom stereocenters. The molecule has 136 valence electrons. The van der Waals surface area contributed by atoms with Crippen molar-refractivity contribution < 1.29 is 14.4 Å². The van der Waals surface area contributed by atoms with Crippen molar-refractivity contribution in [1.82, 2.24) is 5.32 Å². The summed E-state index contributed by atoms with van der Waals surface area (Å²) in [6.45, 7) is 2.84. The minimum absolute atomic E-state index is 0.118. The van der Waals surface area contributed by atoms with E-state index in [2.05, 4.69) is 10.6 Å². The van der Waals surface area contributed by atoms with Gasteiger partial charge in [-0.1, -0.05) is 41.9 Å². The van der Waals surface area contributed by atoms with E-state index in [4.69, 9.17) is 11.6 Å². The van der Waals surface area contributed by atoms with E-state index >= 15 is 0 Å². The van der Waals surface area contributed by atoms with E-state index in [0.717, 1.165) is 5.56 Å². The van der Waals surface area contributed by atoms with Gasteiger partial charge in [0.05, 0.1) is 5.02 Å². The average molecular weight is 373 g/mol. The third-order valence-corrected chi connectivity index (χ3v) is 4.12. The molecule has 0 bridgehead atoms. The molecule has 0 heterocycles. The second-order valence-corrected chi connectivity index (χ2v) is 6.50. The first-order valence-electron chi connectivity index (χ1n) is 8.26. The van der Waals surface area contributed by atoms with E-state index < -0.39 is 0 Å². The minimum atomic E-state index is -0.325. The smallest absolute Gasteiger partial charge is 0.226 e. The van der Waals surface area contributed by atoms with E-state index in [1.807, 2.05) is 30.3 Å². The molecule has 0 radical (unpaired) electrons. The Hall–Kier alpha value is -2.66. The van der Waals surface area contributed by atoms with Crippen LogP contribution >= 0.6 is 11.6 Å². The van der Waals surface area contributed by atoms with Gasteiger partial charge < -0.3 is 10.6 Å². The molecule has 0 fully saturated rings. The summed E-state index contributed by atoms with van der Waals surface area (Å²) in [7, 11) is 0.